The molecule has 0 heterocycles. The lowest BCUT2D eigenvalue weighted by molar-refractivity contribution is -0.133. The summed E-state index contributed by atoms with van der Waals surface area (Å²) in [5, 5.41) is 8.62. The molecule has 0 radical (unpaired) electrons. The van der Waals surface area contributed by atoms with E-state index in [0.29, 0.717) is 18.9 Å². The first kappa shape index (κ1) is 28.9. The number of nitrogens with one attached hydrogen (secondary N) is 3. The smallest absolute Gasteiger partial charge is 0.408 e. The van der Waals surface area contributed by atoms with E-state index in [9.17, 15) is 14.4 Å². The van der Waals surface area contributed by atoms with Gasteiger partial charge in [-0.2, -0.15) is 0 Å². The molecule has 0 saturated heterocycles. The second-order valence-corrected chi connectivity index (χ2v) is 10.8. The normalized spacial score (nSPS) is 13.9. The number of ether oxygens (including phenoxy) is 1. The number of benzene rings is 2. The summed E-state index contributed by atoms with van der Waals surface area (Å²) in [4.78, 5) is 39.5. The number of carbonyl (C=O) groups excluding carboxylic acids is 3. The summed E-state index contributed by atoms with van der Waals surface area (Å²) >= 11 is 0. The van der Waals surface area contributed by atoms with E-state index in [1.54, 1.807) is 27.7 Å². The van der Waals surface area contributed by atoms with Crippen LogP contribution in [0.2, 0.25) is 0 Å². The second-order valence-electron chi connectivity index (χ2n) is 10.8. The van der Waals surface area contributed by atoms with Gasteiger partial charge < -0.3 is 20.7 Å². The Kier molecular flexibility index (Phi) is 10.5. The lowest BCUT2D eigenvalue weighted by Crippen LogP contribution is -2.62. The molecule has 2 aromatic carbocycles. The fraction of sp³-hybridized carbons (Fsp3) is 0.483. The maximum atomic E-state index is 13.6. The zero-order valence-electron chi connectivity index (χ0n) is 22.4. The van der Waals surface area contributed by atoms with Gasteiger partial charge in [0, 0.05) is 19.4 Å². The van der Waals surface area contributed by atoms with Crippen molar-refractivity contribution >= 4 is 17.9 Å². The highest BCUT2D eigenvalue weighted by Crippen LogP contribution is 2.16. The minimum absolute atomic E-state index is 0.252. The van der Waals surface area contributed by atoms with Crippen molar-refractivity contribution in [3.05, 3.63) is 71.8 Å². The van der Waals surface area contributed by atoms with Crippen molar-refractivity contribution in [3.63, 3.8) is 0 Å². The maximum Gasteiger partial charge on any atom is 0.408 e. The van der Waals surface area contributed by atoms with E-state index < -0.39 is 29.2 Å². The Balaban J connectivity index is 2.28. The Morgan fingerprint density at radius 1 is 0.861 bits per heavy atom. The quantitative estimate of drug-likeness (QED) is 0.430. The molecule has 196 valence electrons. The van der Waals surface area contributed by atoms with Crippen LogP contribution in [0.4, 0.5) is 4.79 Å². The van der Waals surface area contributed by atoms with E-state index in [1.807, 2.05) is 60.7 Å². The summed E-state index contributed by atoms with van der Waals surface area (Å²) in [7, 11) is 0. The predicted molar refractivity (Wildman–Crippen MR) is 142 cm³/mol. The summed E-state index contributed by atoms with van der Waals surface area (Å²) in [6.07, 6.45) is 0.697. The number of hydrogen-bond donors (Lipinski definition) is 3. The average molecular weight is 496 g/mol. The molecular weight excluding hydrogens is 454 g/mol. The van der Waals surface area contributed by atoms with Crippen LogP contribution in [0.3, 0.4) is 0 Å². The van der Waals surface area contributed by atoms with E-state index in [0.717, 1.165) is 17.5 Å². The molecule has 1 unspecified atom stereocenters. The highest BCUT2D eigenvalue weighted by atomic mass is 16.6. The molecule has 0 bridgehead atoms. The number of carbonyl (C=O) groups is 3. The highest BCUT2D eigenvalue weighted by Gasteiger charge is 2.37. The Hall–Kier alpha value is -3.35. The summed E-state index contributed by atoms with van der Waals surface area (Å²) in [6.45, 7) is 11.7. The molecule has 0 saturated carbocycles. The number of amides is 3. The molecule has 36 heavy (non-hydrogen) atoms. The predicted octanol–water partition coefficient (Wildman–Crippen LogP) is 4.40. The van der Waals surface area contributed by atoms with Crippen LogP contribution in [0.1, 0.15) is 59.1 Å². The number of hydrogen-bond acceptors (Lipinski definition) is 4. The Morgan fingerprint density at radius 3 is 1.94 bits per heavy atom. The van der Waals surface area contributed by atoms with Gasteiger partial charge >= 0.3 is 6.09 Å². The molecule has 3 amide bonds. The monoisotopic (exact) mass is 495 g/mol. The van der Waals surface area contributed by atoms with Gasteiger partial charge in [-0.15, -0.1) is 0 Å². The van der Waals surface area contributed by atoms with E-state index in [4.69, 9.17) is 4.74 Å². The zero-order valence-corrected chi connectivity index (χ0v) is 22.4. The molecule has 2 aromatic rings. The molecule has 7 nitrogen and oxygen atoms in total. The van der Waals surface area contributed by atoms with Gasteiger partial charge in [-0.1, -0.05) is 74.5 Å². The first-order chi connectivity index (χ1) is 16.9. The fourth-order valence-corrected chi connectivity index (χ4v) is 3.72. The second kappa shape index (κ2) is 13.1. The fourth-order valence-electron chi connectivity index (χ4n) is 3.72. The van der Waals surface area contributed by atoms with Crippen molar-refractivity contribution in [1.82, 2.24) is 16.0 Å². The van der Waals surface area contributed by atoms with Crippen molar-refractivity contribution in [2.24, 2.45) is 5.92 Å². The Labute approximate surface area is 215 Å². The minimum atomic E-state index is -1.22. The van der Waals surface area contributed by atoms with Gasteiger partial charge in [0.2, 0.25) is 11.8 Å². The molecule has 0 aliphatic heterocycles. The molecule has 2 rings (SSSR count). The number of rotatable bonds is 11. The largest absolute Gasteiger partial charge is 0.444 e. The van der Waals surface area contributed by atoms with E-state index >= 15 is 0 Å². The van der Waals surface area contributed by atoms with Crippen LogP contribution in [0.25, 0.3) is 0 Å². The minimum Gasteiger partial charge on any atom is -0.444 e. The molecule has 0 aromatic heterocycles. The van der Waals surface area contributed by atoms with E-state index in [1.165, 1.54) is 0 Å². The third-order valence-corrected chi connectivity index (χ3v) is 5.60. The first-order valence-corrected chi connectivity index (χ1v) is 12.6. The number of alkyl carbamates (subject to hydrolysis) is 1. The van der Waals surface area contributed by atoms with Crippen molar-refractivity contribution in [2.45, 2.75) is 78.0 Å². The summed E-state index contributed by atoms with van der Waals surface area (Å²) in [5.74, 6) is -0.285. The molecule has 0 aliphatic rings. The summed E-state index contributed by atoms with van der Waals surface area (Å²) < 4.78 is 5.40. The molecule has 3 N–H and O–H groups in total. The molecule has 0 spiro atoms. The van der Waals surface area contributed by atoms with Gasteiger partial charge in [0.25, 0.3) is 0 Å². The topological polar surface area (TPSA) is 96.5 Å². The van der Waals surface area contributed by atoms with Crippen molar-refractivity contribution in [2.75, 3.05) is 6.54 Å². The van der Waals surface area contributed by atoms with Crippen molar-refractivity contribution < 1.29 is 19.1 Å². The SMILES string of the molecule is CC(C)CCNC(=O)C(C)(Cc1ccccc1)NC(=O)[C@H](Cc1ccccc1)NC(=O)OC(C)(C)C. The van der Waals surface area contributed by atoms with Gasteiger partial charge in [0.05, 0.1) is 0 Å². The lowest BCUT2D eigenvalue weighted by Gasteiger charge is -2.32. The van der Waals surface area contributed by atoms with Gasteiger partial charge in [-0.05, 0) is 51.2 Å². The molecule has 7 heteroatoms. The maximum absolute atomic E-state index is 13.6. The van der Waals surface area contributed by atoms with Crippen LogP contribution in [0, 0.1) is 5.92 Å². The molecule has 2 atom stereocenters. The van der Waals surface area contributed by atoms with Crippen LogP contribution in [-0.2, 0) is 27.2 Å². The lowest BCUT2D eigenvalue weighted by atomic mass is 9.90. The third-order valence-electron chi connectivity index (χ3n) is 5.60. The first-order valence-electron chi connectivity index (χ1n) is 12.6. The summed E-state index contributed by atoms with van der Waals surface area (Å²) in [5.41, 5.74) is -0.144. The van der Waals surface area contributed by atoms with Crippen LogP contribution in [0.5, 0.6) is 0 Å². The van der Waals surface area contributed by atoms with Gasteiger partial charge in [-0.25, -0.2) is 4.79 Å². The Morgan fingerprint density at radius 2 is 1.42 bits per heavy atom. The van der Waals surface area contributed by atoms with Crippen LogP contribution >= 0.6 is 0 Å². The highest BCUT2D eigenvalue weighted by molar-refractivity contribution is 5.94. The van der Waals surface area contributed by atoms with Gasteiger partial charge in [-0.3, -0.25) is 9.59 Å². The van der Waals surface area contributed by atoms with Gasteiger partial charge in [0.1, 0.15) is 17.2 Å². The van der Waals surface area contributed by atoms with Crippen LogP contribution < -0.4 is 16.0 Å². The average Bonchev–Trinajstić information content (AvgIpc) is 2.78. The standard InChI is InChI=1S/C29H41N3O4/c1-21(2)17-18-30-26(34)29(6,20-23-15-11-8-12-16-23)32-25(33)24(19-22-13-9-7-10-14-22)31-27(35)36-28(3,4)5/h7-16,21,24H,17-20H2,1-6H3,(H,30,34)(H,31,35)(H,32,33)/t24-,29?/m0/s1. The van der Waals surface area contributed by atoms with Gasteiger partial charge in [0.15, 0.2) is 0 Å². The van der Waals surface area contributed by atoms with Crippen LogP contribution in [-0.4, -0.2) is 41.6 Å². The molecular formula is C29H41N3O4. The molecule has 0 aliphatic carbocycles. The molecule has 0 fully saturated rings. The Bertz CT molecular complexity index is 987. The van der Waals surface area contributed by atoms with Crippen molar-refractivity contribution in [3.8, 4) is 0 Å². The van der Waals surface area contributed by atoms with Crippen molar-refractivity contribution in [1.29, 1.82) is 0 Å². The van der Waals surface area contributed by atoms with E-state index in [-0.39, 0.29) is 12.3 Å². The van der Waals surface area contributed by atoms with Crippen LogP contribution in [0.15, 0.2) is 60.7 Å². The third kappa shape index (κ3) is 10.1. The van der Waals surface area contributed by atoms with E-state index in [2.05, 4.69) is 29.8 Å². The zero-order chi connectivity index (χ0) is 26.8. The summed E-state index contributed by atoms with van der Waals surface area (Å²) in [6, 6.07) is 18.0.